The molecule has 2 amide bonds. The molecular formula is C25H34N2O3. The summed E-state index contributed by atoms with van der Waals surface area (Å²) in [6.45, 7) is 10.9. The topological polar surface area (TPSA) is 58.6 Å². The third kappa shape index (κ3) is 6.61. The number of rotatable bonds is 10. The van der Waals surface area contributed by atoms with Gasteiger partial charge in [0.05, 0.1) is 0 Å². The molecule has 2 rings (SSSR count). The number of nitrogens with one attached hydrogen (secondary N) is 1. The Morgan fingerprint density at radius 3 is 2.30 bits per heavy atom. The van der Waals surface area contributed by atoms with Gasteiger partial charge in [0, 0.05) is 13.1 Å². The second kappa shape index (κ2) is 11.4. The van der Waals surface area contributed by atoms with Crippen LogP contribution in [0.2, 0.25) is 0 Å². The molecule has 0 saturated heterocycles. The Hall–Kier alpha value is -2.82. The van der Waals surface area contributed by atoms with Crippen molar-refractivity contribution in [1.82, 2.24) is 10.2 Å². The lowest BCUT2D eigenvalue weighted by Crippen LogP contribution is -2.50. The zero-order chi connectivity index (χ0) is 22.1. The highest BCUT2D eigenvalue weighted by atomic mass is 16.5. The molecule has 0 bridgehead atoms. The molecule has 0 unspecified atom stereocenters. The van der Waals surface area contributed by atoms with Crippen LogP contribution in [0.15, 0.2) is 42.5 Å². The summed E-state index contributed by atoms with van der Waals surface area (Å²) in [6.07, 6.45) is 1.39. The van der Waals surface area contributed by atoms with E-state index in [-0.39, 0.29) is 18.4 Å². The van der Waals surface area contributed by atoms with Crippen LogP contribution in [-0.4, -0.2) is 35.9 Å². The van der Waals surface area contributed by atoms with Crippen LogP contribution < -0.4 is 10.1 Å². The highest BCUT2D eigenvalue weighted by Crippen LogP contribution is 2.18. The van der Waals surface area contributed by atoms with Gasteiger partial charge in [-0.1, -0.05) is 49.7 Å². The summed E-state index contributed by atoms with van der Waals surface area (Å²) in [5.41, 5.74) is 4.43. The number of benzene rings is 2. The molecule has 2 aromatic carbocycles. The Morgan fingerprint density at radius 1 is 1.00 bits per heavy atom. The number of hydrogen-bond acceptors (Lipinski definition) is 3. The van der Waals surface area contributed by atoms with E-state index in [0.29, 0.717) is 25.3 Å². The minimum Gasteiger partial charge on any atom is -0.484 e. The SMILES string of the molecule is CCCNC(=O)[C@@H](CC)N(Cc1ccc(C)cc1)C(=O)COc1ccc(C)c(C)c1. The van der Waals surface area contributed by atoms with Crippen LogP contribution >= 0.6 is 0 Å². The van der Waals surface area contributed by atoms with Crippen LogP contribution in [-0.2, 0) is 16.1 Å². The number of carbonyl (C=O) groups is 2. The standard InChI is InChI=1S/C25H34N2O3/c1-6-14-26-25(29)23(7-2)27(16-21-11-8-18(3)9-12-21)24(28)17-30-22-13-10-19(4)20(5)15-22/h8-13,15,23H,6-7,14,16-17H2,1-5H3,(H,26,29)/t23-/m1/s1. The lowest BCUT2D eigenvalue weighted by atomic mass is 10.1. The van der Waals surface area contributed by atoms with Gasteiger partial charge in [-0.05, 0) is 62.4 Å². The van der Waals surface area contributed by atoms with Crippen LogP contribution in [0.25, 0.3) is 0 Å². The first kappa shape index (κ1) is 23.5. The van der Waals surface area contributed by atoms with E-state index in [1.54, 1.807) is 4.90 Å². The lowest BCUT2D eigenvalue weighted by Gasteiger charge is -2.30. The van der Waals surface area contributed by atoms with Gasteiger partial charge in [-0.2, -0.15) is 0 Å². The molecule has 0 aliphatic carbocycles. The number of carbonyl (C=O) groups excluding carboxylic acids is 2. The second-order valence-electron chi connectivity index (χ2n) is 7.76. The Morgan fingerprint density at radius 2 is 1.70 bits per heavy atom. The lowest BCUT2D eigenvalue weighted by molar-refractivity contribution is -0.143. The molecule has 30 heavy (non-hydrogen) atoms. The van der Waals surface area contributed by atoms with Gasteiger partial charge in [-0.15, -0.1) is 0 Å². The fourth-order valence-electron chi connectivity index (χ4n) is 3.21. The highest BCUT2D eigenvalue weighted by Gasteiger charge is 2.28. The minimum atomic E-state index is -0.534. The largest absolute Gasteiger partial charge is 0.484 e. The Bertz CT molecular complexity index is 846. The quantitative estimate of drug-likeness (QED) is 0.634. The number of hydrogen-bond donors (Lipinski definition) is 1. The second-order valence-corrected chi connectivity index (χ2v) is 7.76. The van der Waals surface area contributed by atoms with E-state index >= 15 is 0 Å². The van der Waals surface area contributed by atoms with Gasteiger partial charge in [0.2, 0.25) is 5.91 Å². The van der Waals surface area contributed by atoms with E-state index in [1.807, 2.05) is 77.1 Å². The molecule has 1 N–H and O–H groups in total. The smallest absolute Gasteiger partial charge is 0.261 e. The molecule has 0 aliphatic heterocycles. The van der Waals surface area contributed by atoms with Crippen molar-refractivity contribution < 1.29 is 14.3 Å². The first-order chi connectivity index (χ1) is 14.3. The van der Waals surface area contributed by atoms with Crippen molar-refractivity contribution in [3.63, 3.8) is 0 Å². The van der Waals surface area contributed by atoms with Crippen molar-refractivity contribution in [2.24, 2.45) is 0 Å². The van der Waals surface area contributed by atoms with Crippen molar-refractivity contribution in [3.8, 4) is 5.75 Å². The van der Waals surface area contributed by atoms with E-state index in [2.05, 4.69) is 5.32 Å². The summed E-state index contributed by atoms with van der Waals surface area (Å²) in [7, 11) is 0. The van der Waals surface area contributed by atoms with Crippen LogP contribution in [0.5, 0.6) is 5.75 Å². The first-order valence-corrected chi connectivity index (χ1v) is 10.7. The molecule has 0 spiro atoms. The average molecular weight is 411 g/mol. The summed E-state index contributed by atoms with van der Waals surface area (Å²) >= 11 is 0. The summed E-state index contributed by atoms with van der Waals surface area (Å²) < 4.78 is 5.77. The predicted octanol–water partition coefficient (Wildman–Crippen LogP) is 4.32. The van der Waals surface area contributed by atoms with Crippen molar-refractivity contribution >= 4 is 11.8 Å². The maximum Gasteiger partial charge on any atom is 0.261 e. The van der Waals surface area contributed by atoms with Crippen molar-refractivity contribution in [2.75, 3.05) is 13.2 Å². The van der Waals surface area contributed by atoms with Crippen LogP contribution in [0, 0.1) is 20.8 Å². The zero-order valence-corrected chi connectivity index (χ0v) is 18.8. The molecule has 2 aromatic rings. The van der Waals surface area contributed by atoms with Gasteiger partial charge in [0.15, 0.2) is 6.61 Å². The predicted molar refractivity (Wildman–Crippen MR) is 121 cm³/mol. The third-order valence-corrected chi connectivity index (χ3v) is 5.25. The van der Waals surface area contributed by atoms with E-state index in [1.165, 1.54) is 5.56 Å². The summed E-state index contributed by atoms with van der Waals surface area (Å²) in [4.78, 5) is 27.5. The molecule has 0 heterocycles. The van der Waals surface area contributed by atoms with Crippen molar-refractivity contribution in [1.29, 1.82) is 0 Å². The minimum absolute atomic E-state index is 0.105. The molecule has 0 fully saturated rings. The van der Waals surface area contributed by atoms with Gasteiger partial charge in [-0.3, -0.25) is 9.59 Å². The average Bonchev–Trinajstić information content (AvgIpc) is 2.74. The first-order valence-electron chi connectivity index (χ1n) is 10.7. The summed E-state index contributed by atoms with van der Waals surface area (Å²) in [5, 5.41) is 2.93. The zero-order valence-electron chi connectivity index (χ0n) is 18.8. The summed E-state index contributed by atoms with van der Waals surface area (Å²) in [6, 6.07) is 13.3. The summed E-state index contributed by atoms with van der Waals surface area (Å²) in [5.74, 6) is 0.337. The molecule has 5 heteroatoms. The van der Waals surface area contributed by atoms with E-state index in [4.69, 9.17) is 4.74 Å². The van der Waals surface area contributed by atoms with E-state index < -0.39 is 6.04 Å². The van der Waals surface area contributed by atoms with Crippen molar-refractivity contribution in [3.05, 3.63) is 64.7 Å². The molecule has 0 aromatic heterocycles. The fourth-order valence-corrected chi connectivity index (χ4v) is 3.21. The van der Waals surface area contributed by atoms with Gasteiger partial charge in [0.1, 0.15) is 11.8 Å². The molecule has 1 atom stereocenters. The number of aryl methyl sites for hydroxylation is 3. The number of ether oxygens (including phenoxy) is 1. The maximum atomic E-state index is 13.1. The molecule has 0 aliphatic rings. The molecular weight excluding hydrogens is 376 g/mol. The molecule has 162 valence electrons. The highest BCUT2D eigenvalue weighted by molar-refractivity contribution is 5.88. The van der Waals surface area contributed by atoms with Gasteiger partial charge in [-0.25, -0.2) is 0 Å². The van der Waals surface area contributed by atoms with Crippen LogP contribution in [0.4, 0.5) is 0 Å². The Kier molecular flexibility index (Phi) is 8.90. The molecule has 0 saturated carbocycles. The van der Waals surface area contributed by atoms with Gasteiger partial charge in [0.25, 0.3) is 5.91 Å². The van der Waals surface area contributed by atoms with Crippen molar-refractivity contribution in [2.45, 2.75) is 60.0 Å². The van der Waals surface area contributed by atoms with Crippen LogP contribution in [0.3, 0.4) is 0 Å². The Balaban J connectivity index is 2.18. The van der Waals surface area contributed by atoms with E-state index in [0.717, 1.165) is 23.1 Å². The molecule has 5 nitrogen and oxygen atoms in total. The Labute approximate surface area is 180 Å². The monoisotopic (exact) mass is 410 g/mol. The van der Waals surface area contributed by atoms with Crippen LogP contribution in [0.1, 0.15) is 48.9 Å². The third-order valence-electron chi connectivity index (χ3n) is 5.25. The molecule has 0 radical (unpaired) electrons. The van der Waals surface area contributed by atoms with E-state index in [9.17, 15) is 9.59 Å². The number of nitrogens with zero attached hydrogens (tertiary/aromatic N) is 1. The van der Waals surface area contributed by atoms with Gasteiger partial charge < -0.3 is 15.0 Å². The fraction of sp³-hybridized carbons (Fsp3) is 0.440. The normalized spacial score (nSPS) is 11.6. The maximum absolute atomic E-state index is 13.1. The van der Waals surface area contributed by atoms with Gasteiger partial charge >= 0.3 is 0 Å². The number of amides is 2.